The van der Waals surface area contributed by atoms with Gasteiger partial charge >= 0.3 is 0 Å². The van der Waals surface area contributed by atoms with Gasteiger partial charge in [-0.25, -0.2) is 0 Å². The molecule has 0 heterocycles. The van der Waals surface area contributed by atoms with Gasteiger partial charge in [0.2, 0.25) is 0 Å². The zero-order chi connectivity index (χ0) is 4.00. The van der Waals surface area contributed by atoms with Gasteiger partial charge in [-0.15, -0.1) is 0 Å². The van der Waals surface area contributed by atoms with E-state index in [4.69, 9.17) is 0 Å². The fraction of sp³-hybridized carbons (Fsp3) is 0. The Kier molecular flexibility index (Phi) is 2030. The van der Waals surface area contributed by atoms with E-state index in [1.54, 1.807) is 0 Å². The lowest BCUT2D eigenvalue weighted by Gasteiger charge is -1.24. The minimum absolute atomic E-state index is 0. The normalized spacial score (nSPS) is 2.00. The zero-order valence-corrected chi connectivity index (χ0v) is 5.25. The van der Waals surface area contributed by atoms with Crippen LogP contribution >= 0.6 is 0 Å². The minimum Gasteiger partial charge on any atom is -0.813 e. The first-order valence-corrected chi connectivity index (χ1v) is 0.816. The van der Waals surface area contributed by atoms with E-state index in [2.05, 4.69) is 23.4 Å². The van der Waals surface area contributed by atoms with Crippen LogP contribution < -0.4 is 23.4 Å². The molecule has 0 rings (SSSR count). The molecule has 0 aromatic heterocycles. The molecule has 0 spiro atoms. The maximum absolute atomic E-state index is 4.25. The average Bonchev–Trinajstić information content (AvgIpc) is 1.50. The van der Waals surface area contributed by atoms with Crippen molar-refractivity contribution in [3.05, 3.63) is 0 Å². The molecule has 0 aliphatic heterocycles. The lowest BCUT2D eigenvalue weighted by Crippen LogP contribution is -2.59. The predicted octanol–water partition coefficient (Wildman–Crippen LogP) is -4.34. The summed E-state index contributed by atoms with van der Waals surface area (Å²) in [6, 6.07) is 0. The third-order valence-electron chi connectivity index (χ3n) is 0. The molecule has 0 aliphatic carbocycles. The van der Waals surface area contributed by atoms with Crippen LogP contribution in [0.15, 0.2) is 0 Å². The lowest BCUT2D eigenvalue weighted by molar-refractivity contribution is -0.379. The maximum atomic E-state index is 4.25. The third-order valence-corrected chi connectivity index (χ3v) is 0. The number of rotatable bonds is 0. The van der Waals surface area contributed by atoms with Crippen LogP contribution in [0.4, 0.5) is 0 Å². The van der Waals surface area contributed by atoms with Crippen molar-refractivity contribution in [1.82, 2.24) is 0 Å². The minimum atomic E-state index is 0. The van der Waals surface area contributed by atoms with Gasteiger partial charge in [-0.3, -0.25) is 11.7 Å². The molecule has 0 radical (unpaired) electrons. The summed E-state index contributed by atoms with van der Waals surface area (Å²) in [5, 5.41) is 0. The Hall–Kier alpha value is 0.540. The highest BCUT2D eigenvalue weighted by atomic mass is 32.1. The Labute approximate surface area is 51.1 Å². The summed E-state index contributed by atoms with van der Waals surface area (Å²) in [6.07, 6.45) is 0. The summed E-state index contributed by atoms with van der Waals surface area (Å²) >= 11 is 0. The second-order valence-corrected chi connectivity index (χ2v) is 0. The van der Waals surface area contributed by atoms with Crippen LogP contribution in [0.3, 0.4) is 0 Å². The summed E-state index contributed by atoms with van der Waals surface area (Å²) in [5.74, 6) is 14.0. The Morgan fingerprint density at radius 2 is 0.667 bits per heavy atom. The zero-order valence-electron chi connectivity index (χ0n) is 3.46. The van der Waals surface area contributed by atoms with Crippen LogP contribution in [0.2, 0.25) is 0 Å². The molecule has 0 aliphatic rings. The smallest absolute Gasteiger partial charge is 0.185 e. The van der Waals surface area contributed by atoms with E-state index in [0.717, 1.165) is 0 Å². The Bertz CT molecular complexity index is 5.51. The highest BCUT2D eigenvalue weighted by Crippen LogP contribution is -0.00138. The van der Waals surface area contributed by atoms with Gasteiger partial charge in [0.15, 0.2) is 0 Å². The molecule has 10 N–H and O–H groups in total. The second kappa shape index (κ2) is 392. The molecule has 4 nitrogen and oxygen atoms in total. The van der Waals surface area contributed by atoms with Crippen molar-refractivity contribution in [2.24, 2.45) is 11.7 Å². The van der Waals surface area contributed by atoms with Crippen molar-refractivity contribution in [2.45, 2.75) is 0 Å². The van der Waals surface area contributed by atoms with Crippen LogP contribution in [0.1, 0.15) is 0 Å². The molecule has 0 fully saturated rings. The lowest BCUT2D eigenvalue weighted by atomic mass is 13.0. The summed E-state index contributed by atoms with van der Waals surface area (Å²) < 4.78 is 0. The molecular formula is H12N4S2. The highest BCUT2D eigenvalue weighted by molar-refractivity contribution is 7.37. The molecule has 0 saturated carbocycles. The van der Waals surface area contributed by atoms with Crippen LogP contribution in [-0.2, 0) is 27.0 Å². The molecule has 0 unspecified atom stereocenters. The van der Waals surface area contributed by atoms with E-state index in [0.29, 0.717) is 0 Å². The van der Waals surface area contributed by atoms with Crippen molar-refractivity contribution in [1.29, 1.82) is 0 Å². The van der Waals surface area contributed by atoms with E-state index in [1.165, 1.54) is 0 Å². The van der Waals surface area contributed by atoms with Crippen molar-refractivity contribution < 1.29 is 11.7 Å². The molecule has 0 amide bonds. The van der Waals surface area contributed by atoms with E-state index >= 15 is 0 Å². The Morgan fingerprint density at radius 3 is 0.667 bits per heavy atom. The Morgan fingerprint density at radius 1 is 0.667 bits per heavy atom. The van der Waals surface area contributed by atoms with Gasteiger partial charge in [0.25, 0.3) is 0 Å². The summed E-state index contributed by atoms with van der Waals surface area (Å²) in [6.45, 7) is 0. The number of hydrogen-bond donors (Lipinski definition) is 4. The fourth-order valence-electron chi connectivity index (χ4n) is 0. The van der Waals surface area contributed by atoms with Gasteiger partial charge in [-0.2, -0.15) is 11.7 Å². The van der Waals surface area contributed by atoms with Crippen LogP contribution in [-0.4, -0.2) is 0 Å². The molecule has 0 bridgehead atoms. The van der Waals surface area contributed by atoms with Crippen molar-refractivity contribution in [3.8, 4) is 0 Å². The van der Waals surface area contributed by atoms with Gasteiger partial charge in [0, 0.05) is 0 Å². The first kappa shape index (κ1) is 31.1. The molecule has 0 aromatic carbocycles. The van der Waals surface area contributed by atoms with Gasteiger partial charge < -0.3 is 27.0 Å². The van der Waals surface area contributed by atoms with Crippen molar-refractivity contribution >= 4 is 27.0 Å². The topological polar surface area (TPSA) is 107 Å². The van der Waals surface area contributed by atoms with Crippen LogP contribution in [0.5, 0.6) is 0 Å². The Balaban J connectivity index is -0.00000000500. The summed E-state index contributed by atoms with van der Waals surface area (Å²) in [7, 11) is 0. The van der Waals surface area contributed by atoms with Crippen LogP contribution in [0, 0.1) is 0 Å². The first-order chi connectivity index (χ1) is 2.00. The summed E-state index contributed by atoms with van der Waals surface area (Å²) in [5.41, 5.74) is 0. The molecule has 0 aromatic rings. The number of hydrogen-bond acceptors (Lipinski definition) is 4. The number of nitrogens with two attached hydrogens (primary N) is 2. The van der Waals surface area contributed by atoms with Gasteiger partial charge in [0.05, 0.1) is 0 Å². The van der Waals surface area contributed by atoms with E-state index < -0.39 is 0 Å². The predicted molar refractivity (Wildman–Crippen MR) is 31.7 cm³/mol. The van der Waals surface area contributed by atoms with Crippen molar-refractivity contribution in [3.63, 3.8) is 0 Å². The van der Waals surface area contributed by atoms with Crippen molar-refractivity contribution in [2.75, 3.05) is 0 Å². The second-order valence-electron chi connectivity index (χ2n) is 0. The molecule has 0 atom stereocenters. The van der Waals surface area contributed by atoms with Gasteiger partial charge in [-0.05, 0) is 0 Å². The molecule has 0 saturated heterocycles. The SMILES string of the molecule is N[NH3+].N[NH3+].[SH-].[SH-]. The standard InChI is InChI=1S/2H4N2.2H2S/c2*1-2;;/h2*1-2H2;2*1H2. The highest BCUT2D eigenvalue weighted by Gasteiger charge is 0.769. The quantitative estimate of drug-likeness (QED) is 0.116. The summed E-state index contributed by atoms with van der Waals surface area (Å²) in [4.78, 5) is 0. The maximum Gasteiger partial charge on any atom is -0.185 e. The van der Waals surface area contributed by atoms with E-state index in [9.17, 15) is 0 Å². The molecule has 6 heteroatoms. The van der Waals surface area contributed by atoms with Crippen LogP contribution in [0.25, 0.3) is 0 Å². The average molecular weight is 132 g/mol. The third kappa shape index (κ3) is 195. The first-order valence-electron chi connectivity index (χ1n) is 0.816. The molecule has 6 heavy (non-hydrogen) atoms. The monoisotopic (exact) mass is 132 g/mol. The fourth-order valence-corrected chi connectivity index (χ4v) is 0. The van der Waals surface area contributed by atoms with E-state index in [1.807, 2.05) is 0 Å². The van der Waals surface area contributed by atoms with Gasteiger partial charge in [0.1, 0.15) is 0 Å². The number of quaternary nitrogens is 2. The van der Waals surface area contributed by atoms with E-state index in [-0.39, 0.29) is 27.0 Å². The largest absolute Gasteiger partial charge is 0.813 e. The molecular weight excluding hydrogens is 120 g/mol. The molecule has 44 valence electrons. The number of thiol groups is 2. The van der Waals surface area contributed by atoms with Gasteiger partial charge in [-0.1, -0.05) is 0 Å².